The lowest BCUT2D eigenvalue weighted by Gasteiger charge is -2.31. The Morgan fingerprint density at radius 2 is 1.63 bits per heavy atom. The molecule has 3 aromatic rings. The number of nitrogens with zero attached hydrogens (tertiary/aromatic N) is 2. The van der Waals surface area contributed by atoms with E-state index in [0.717, 1.165) is 5.39 Å². The molecule has 1 saturated heterocycles. The fourth-order valence-corrected chi connectivity index (χ4v) is 5.13. The molecule has 8 heteroatoms. The number of pyridine rings is 1. The van der Waals surface area contributed by atoms with Crippen LogP contribution < -0.4 is 0 Å². The second-order valence-electron chi connectivity index (χ2n) is 7.40. The number of carbonyl (C=O) groups excluding carboxylic acids is 1. The first-order valence-corrected chi connectivity index (χ1v) is 11.2. The molecule has 5 nitrogen and oxygen atoms in total. The third-order valence-electron chi connectivity index (χ3n) is 5.23. The standard InChI is InChI=1S/C22H20F2N2O3S/c23-22(24)11-13-26(14-12-22)21(27)19-9-4-7-17(25-19)15-30(28,29)20-10-3-6-16-5-1-2-8-18(16)20/h1-10H,11-15H2. The zero-order valence-electron chi connectivity index (χ0n) is 16.1. The van der Waals surface area contributed by atoms with Gasteiger partial charge in [0.2, 0.25) is 0 Å². The van der Waals surface area contributed by atoms with E-state index in [-0.39, 0.29) is 48.0 Å². The maximum absolute atomic E-state index is 13.3. The van der Waals surface area contributed by atoms with E-state index in [1.807, 2.05) is 18.2 Å². The van der Waals surface area contributed by atoms with Crippen LogP contribution in [0.3, 0.4) is 0 Å². The van der Waals surface area contributed by atoms with Crippen LogP contribution >= 0.6 is 0 Å². The molecule has 0 unspecified atom stereocenters. The zero-order valence-corrected chi connectivity index (χ0v) is 16.9. The van der Waals surface area contributed by atoms with Gasteiger partial charge in [-0.25, -0.2) is 22.2 Å². The first kappa shape index (κ1) is 20.4. The van der Waals surface area contributed by atoms with Gasteiger partial charge in [0.05, 0.1) is 16.3 Å². The fraction of sp³-hybridized carbons (Fsp3) is 0.273. The van der Waals surface area contributed by atoms with Gasteiger partial charge >= 0.3 is 0 Å². The van der Waals surface area contributed by atoms with Crippen LogP contribution in [-0.4, -0.2) is 43.2 Å². The Morgan fingerprint density at radius 1 is 0.967 bits per heavy atom. The molecule has 0 saturated carbocycles. The largest absolute Gasteiger partial charge is 0.337 e. The number of rotatable bonds is 4. The molecule has 1 amide bonds. The molecule has 1 aromatic heterocycles. The van der Waals surface area contributed by atoms with Gasteiger partial charge in [-0.1, -0.05) is 42.5 Å². The molecule has 0 bridgehead atoms. The molecule has 0 radical (unpaired) electrons. The lowest BCUT2D eigenvalue weighted by Crippen LogP contribution is -2.43. The van der Waals surface area contributed by atoms with E-state index in [0.29, 0.717) is 5.39 Å². The monoisotopic (exact) mass is 430 g/mol. The zero-order chi connectivity index (χ0) is 21.4. The SMILES string of the molecule is O=C(c1cccc(CS(=O)(=O)c2cccc3ccccc23)n1)N1CCC(F)(F)CC1. The number of alkyl halides is 2. The quantitative estimate of drug-likeness (QED) is 0.626. The van der Waals surface area contributed by atoms with E-state index in [1.165, 1.54) is 11.0 Å². The first-order valence-electron chi connectivity index (χ1n) is 9.59. The van der Waals surface area contributed by atoms with Gasteiger partial charge in [-0.05, 0) is 23.6 Å². The van der Waals surface area contributed by atoms with Crippen LogP contribution in [0.1, 0.15) is 29.0 Å². The number of hydrogen-bond donors (Lipinski definition) is 0. The minimum absolute atomic E-state index is 0.0496. The third-order valence-corrected chi connectivity index (χ3v) is 6.93. The Hall–Kier alpha value is -2.87. The number of likely N-dealkylation sites (tertiary alicyclic amines) is 1. The summed E-state index contributed by atoms with van der Waals surface area (Å²) >= 11 is 0. The molecule has 30 heavy (non-hydrogen) atoms. The molecule has 0 N–H and O–H groups in total. The molecule has 0 spiro atoms. The number of halogens is 2. The van der Waals surface area contributed by atoms with Crippen LogP contribution in [0.4, 0.5) is 8.78 Å². The average Bonchev–Trinajstić information content (AvgIpc) is 2.72. The Bertz CT molecular complexity index is 1200. The van der Waals surface area contributed by atoms with Crippen molar-refractivity contribution < 1.29 is 22.0 Å². The number of sulfone groups is 1. The minimum Gasteiger partial charge on any atom is -0.337 e. The van der Waals surface area contributed by atoms with Crippen molar-refractivity contribution in [1.82, 2.24) is 9.88 Å². The van der Waals surface area contributed by atoms with E-state index >= 15 is 0 Å². The van der Waals surface area contributed by atoms with Gasteiger partial charge in [0.25, 0.3) is 11.8 Å². The van der Waals surface area contributed by atoms with Crippen molar-refractivity contribution >= 4 is 26.5 Å². The second kappa shape index (κ2) is 7.75. The predicted octanol–water partition coefficient (Wildman–Crippen LogP) is 4.08. The number of carbonyl (C=O) groups is 1. The van der Waals surface area contributed by atoms with Gasteiger partial charge in [0.15, 0.2) is 9.84 Å². The van der Waals surface area contributed by atoms with Crippen molar-refractivity contribution in [3.05, 3.63) is 72.1 Å². The fourth-order valence-electron chi connectivity index (χ4n) is 3.62. The van der Waals surface area contributed by atoms with Gasteiger partial charge in [-0.3, -0.25) is 4.79 Å². The number of fused-ring (bicyclic) bond motifs is 1. The molecular weight excluding hydrogens is 410 g/mol. The van der Waals surface area contributed by atoms with E-state index in [4.69, 9.17) is 0 Å². The van der Waals surface area contributed by atoms with Gasteiger partial charge < -0.3 is 4.90 Å². The molecule has 2 heterocycles. The summed E-state index contributed by atoms with van der Waals surface area (Å²) in [6.45, 7) is -0.0991. The smallest absolute Gasteiger partial charge is 0.272 e. The summed E-state index contributed by atoms with van der Waals surface area (Å²) in [7, 11) is -3.71. The van der Waals surface area contributed by atoms with Crippen molar-refractivity contribution in [2.24, 2.45) is 0 Å². The van der Waals surface area contributed by atoms with Crippen molar-refractivity contribution in [2.75, 3.05) is 13.1 Å². The van der Waals surface area contributed by atoms with Crippen molar-refractivity contribution in [2.45, 2.75) is 29.4 Å². The van der Waals surface area contributed by atoms with Crippen LogP contribution in [0.2, 0.25) is 0 Å². The van der Waals surface area contributed by atoms with Crippen LogP contribution in [0.25, 0.3) is 10.8 Å². The summed E-state index contributed by atoms with van der Waals surface area (Å²) in [6.07, 6.45) is -0.762. The Balaban J connectivity index is 1.58. The normalized spacial score (nSPS) is 16.5. The van der Waals surface area contributed by atoms with E-state index < -0.39 is 21.7 Å². The van der Waals surface area contributed by atoms with Crippen LogP contribution in [0.5, 0.6) is 0 Å². The lowest BCUT2D eigenvalue weighted by molar-refractivity contribution is -0.0495. The Labute approximate surface area is 173 Å². The van der Waals surface area contributed by atoms with Crippen LogP contribution in [-0.2, 0) is 15.6 Å². The Morgan fingerprint density at radius 3 is 2.40 bits per heavy atom. The first-order chi connectivity index (χ1) is 14.3. The number of hydrogen-bond acceptors (Lipinski definition) is 4. The van der Waals surface area contributed by atoms with Crippen LogP contribution in [0.15, 0.2) is 65.6 Å². The topological polar surface area (TPSA) is 67.3 Å². The molecule has 156 valence electrons. The number of piperidine rings is 1. The Kier molecular flexibility index (Phi) is 5.27. The van der Waals surface area contributed by atoms with Gasteiger partial charge in [-0.15, -0.1) is 0 Å². The summed E-state index contributed by atoms with van der Waals surface area (Å²) < 4.78 is 52.8. The summed E-state index contributed by atoms with van der Waals surface area (Å²) in [4.78, 5) is 18.4. The molecule has 1 aliphatic heterocycles. The highest BCUT2D eigenvalue weighted by Crippen LogP contribution is 2.28. The van der Waals surface area contributed by atoms with Gasteiger partial charge in [0, 0.05) is 31.3 Å². The molecule has 0 aliphatic carbocycles. The van der Waals surface area contributed by atoms with E-state index in [9.17, 15) is 22.0 Å². The van der Waals surface area contributed by atoms with E-state index in [2.05, 4.69) is 4.98 Å². The molecule has 1 fully saturated rings. The highest BCUT2D eigenvalue weighted by atomic mass is 32.2. The maximum atomic E-state index is 13.3. The molecule has 0 atom stereocenters. The maximum Gasteiger partial charge on any atom is 0.272 e. The summed E-state index contributed by atoms with van der Waals surface area (Å²) in [5.41, 5.74) is 0.293. The molecular formula is C22H20F2N2O3S. The highest BCUT2D eigenvalue weighted by Gasteiger charge is 2.36. The second-order valence-corrected chi connectivity index (χ2v) is 9.36. The van der Waals surface area contributed by atoms with Crippen LogP contribution in [0, 0.1) is 0 Å². The number of amides is 1. The van der Waals surface area contributed by atoms with Crippen molar-refractivity contribution in [1.29, 1.82) is 0 Å². The molecule has 4 rings (SSSR count). The molecule has 1 aliphatic rings. The van der Waals surface area contributed by atoms with Gasteiger partial charge in [0.1, 0.15) is 5.69 Å². The number of aromatic nitrogens is 1. The van der Waals surface area contributed by atoms with Gasteiger partial charge in [-0.2, -0.15) is 0 Å². The average molecular weight is 430 g/mol. The summed E-state index contributed by atoms with van der Waals surface area (Å²) in [5, 5.41) is 1.44. The predicted molar refractivity (Wildman–Crippen MR) is 109 cm³/mol. The summed E-state index contributed by atoms with van der Waals surface area (Å²) in [6, 6.07) is 16.9. The van der Waals surface area contributed by atoms with Crippen molar-refractivity contribution in [3.8, 4) is 0 Å². The third kappa shape index (κ3) is 4.18. The molecule has 2 aromatic carbocycles. The number of benzene rings is 2. The minimum atomic E-state index is -3.71. The highest BCUT2D eigenvalue weighted by molar-refractivity contribution is 7.90. The van der Waals surface area contributed by atoms with Crippen molar-refractivity contribution in [3.63, 3.8) is 0 Å². The van der Waals surface area contributed by atoms with E-state index in [1.54, 1.807) is 36.4 Å². The lowest BCUT2D eigenvalue weighted by atomic mass is 10.1. The summed E-state index contributed by atoms with van der Waals surface area (Å²) in [5.74, 6) is -3.58.